The van der Waals surface area contributed by atoms with Gasteiger partial charge in [-0.05, 0) is 20.1 Å². The van der Waals surface area contributed by atoms with Gasteiger partial charge in [0.25, 0.3) is 5.78 Å². The molecule has 0 amide bonds. The SMILES string of the molecule is CSc1nc2nc(C)c(CC(=O)OC3CCOC3=O)c(C)n2n1. The van der Waals surface area contributed by atoms with E-state index in [2.05, 4.69) is 15.1 Å². The monoisotopic (exact) mass is 336 g/mol. The lowest BCUT2D eigenvalue weighted by Crippen LogP contribution is -2.24. The van der Waals surface area contributed by atoms with Gasteiger partial charge in [-0.25, -0.2) is 14.3 Å². The maximum atomic E-state index is 12.1. The average molecular weight is 336 g/mol. The molecule has 0 bridgehead atoms. The molecule has 122 valence electrons. The van der Waals surface area contributed by atoms with Crippen LogP contribution in [-0.4, -0.2) is 50.5 Å². The number of esters is 2. The minimum Gasteiger partial charge on any atom is -0.463 e. The topological polar surface area (TPSA) is 95.7 Å². The van der Waals surface area contributed by atoms with E-state index < -0.39 is 18.0 Å². The summed E-state index contributed by atoms with van der Waals surface area (Å²) in [6.07, 6.45) is 1.52. The van der Waals surface area contributed by atoms with Gasteiger partial charge in [0.15, 0.2) is 0 Å². The second-order valence-electron chi connectivity index (χ2n) is 5.18. The van der Waals surface area contributed by atoms with E-state index in [1.807, 2.05) is 20.1 Å². The third-order valence-corrected chi connectivity index (χ3v) is 4.23. The van der Waals surface area contributed by atoms with E-state index in [4.69, 9.17) is 9.47 Å². The first-order valence-corrected chi connectivity index (χ1v) is 8.35. The fourth-order valence-electron chi connectivity index (χ4n) is 2.46. The summed E-state index contributed by atoms with van der Waals surface area (Å²) in [5.74, 6) is -0.464. The van der Waals surface area contributed by atoms with Crippen molar-refractivity contribution in [3.05, 3.63) is 17.0 Å². The normalized spacial score (nSPS) is 17.5. The van der Waals surface area contributed by atoms with E-state index in [0.29, 0.717) is 29.7 Å². The summed E-state index contributed by atoms with van der Waals surface area (Å²) in [5, 5.41) is 4.95. The van der Waals surface area contributed by atoms with Gasteiger partial charge in [-0.3, -0.25) is 4.79 Å². The molecule has 0 N–H and O–H groups in total. The third kappa shape index (κ3) is 3.00. The molecular formula is C14H16N4O4S. The van der Waals surface area contributed by atoms with Crippen molar-refractivity contribution in [2.24, 2.45) is 0 Å². The number of ether oxygens (including phenoxy) is 2. The predicted octanol–water partition coefficient (Wildman–Crippen LogP) is 0.864. The highest BCUT2D eigenvalue weighted by Crippen LogP contribution is 2.18. The van der Waals surface area contributed by atoms with Gasteiger partial charge in [-0.15, -0.1) is 5.10 Å². The number of rotatable bonds is 4. The molecule has 1 atom stereocenters. The van der Waals surface area contributed by atoms with E-state index in [1.54, 1.807) is 4.52 Å². The van der Waals surface area contributed by atoms with Gasteiger partial charge >= 0.3 is 11.9 Å². The highest BCUT2D eigenvalue weighted by Gasteiger charge is 2.30. The van der Waals surface area contributed by atoms with Crippen molar-refractivity contribution in [2.75, 3.05) is 12.9 Å². The summed E-state index contributed by atoms with van der Waals surface area (Å²) >= 11 is 1.42. The molecule has 23 heavy (non-hydrogen) atoms. The summed E-state index contributed by atoms with van der Waals surface area (Å²) in [7, 11) is 0. The van der Waals surface area contributed by atoms with Crippen LogP contribution in [0.15, 0.2) is 5.16 Å². The number of cyclic esters (lactones) is 1. The lowest BCUT2D eigenvalue weighted by Gasteiger charge is -2.12. The van der Waals surface area contributed by atoms with Crippen LogP contribution < -0.4 is 0 Å². The molecule has 0 saturated carbocycles. The highest BCUT2D eigenvalue weighted by atomic mass is 32.2. The van der Waals surface area contributed by atoms with E-state index in [1.165, 1.54) is 11.8 Å². The number of thioether (sulfide) groups is 1. The van der Waals surface area contributed by atoms with Crippen molar-refractivity contribution < 1.29 is 19.1 Å². The van der Waals surface area contributed by atoms with Crippen LogP contribution in [0, 0.1) is 13.8 Å². The highest BCUT2D eigenvalue weighted by molar-refractivity contribution is 7.98. The molecule has 9 heteroatoms. The van der Waals surface area contributed by atoms with Crippen LogP contribution in [0.2, 0.25) is 0 Å². The van der Waals surface area contributed by atoms with Gasteiger partial charge in [0.1, 0.15) is 0 Å². The molecule has 1 saturated heterocycles. The van der Waals surface area contributed by atoms with Crippen molar-refractivity contribution in [2.45, 2.75) is 37.9 Å². The smallest absolute Gasteiger partial charge is 0.347 e. The van der Waals surface area contributed by atoms with Gasteiger partial charge in [0, 0.05) is 23.4 Å². The van der Waals surface area contributed by atoms with Crippen molar-refractivity contribution in [1.29, 1.82) is 0 Å². The number of carbonyl (C=O) groups is 2. The van der Waals surface area contributed by atoms with E-state index in [-0.39, 0.29) is 6.42 Å². The van der Waals surface area contributed by atoms with Gasteiger partial charge in [0.05, 0.1) is 13.0 Å². The summed E-state index contributed by atoms with van der Waals surface area (Å²) in [6.45, 7) is 3.96. The first kappa shape index (κ1) is 15.7. The molecule has 1 fully saturated rings. The Morgan fingerprint density at radius 1 is 1.43 bits per heavy atom. The van der Waals surface area contributed by atoms with Crippen molar-refractivity contribution >= 4 is 29.5 Å². The Hall–Kier alpha value is -2.16. The van der Waals surface area contributed by atoms with E-state index >= 15 is 0 Å². The maximum Gasteiger partial charge on any atom is 0.347 e. The molecule has 1 aliphatic heterocycles. The number of hydrogen-bond donors (Lipinski definition) is 0. The Morgan fingerprint density at radius 3 is 2.87 bits per heavy atom. The maximum absolute atomic E-state index is 12.1. The van der Waals surface area contributed by atoms with Crippen molar-refractivity contribution in [3.8, 4) is 0 Å². The number of aromatic nitrogens is 4. The van der Waals surface area contributed by atoms with Crippen LogP contribution in [0.25, 0.3) is 5.78 Å². The van der Waals surface area contributed by atoms with Crippen molar-refractivity contribution in [3.63, 3.8) is 0 Å². The molecule has 3 rings (SSSR count). The average Bonchev–Trinajstić information content (AvgIpc) is 3.10. The zero-order chi connectivity index (χ0) is 16.6. The molecule has 0 aliphatic carbocycles. The van der Waals surface area contributed by atoms with Crippen molar-refractivity contribution in [1.82, 2.24) is 19.6 Å². The summed E-state index contributed by atoms with van der Waals surface area (Å²) in [4.78, 5) is 32.2. The molecule has 1 unspecified atom stereocenters. The van der Waals surface area contributed by atoms with Gasteiger partial charge in [-0.1, -0.05) is 11.8 Å². The summed E-state index contributed by atoms with van der Waals surface area (Å²) < 4.78 is 11.6. The van der Waals surface area contributed by atoms with E-state index in [0.717, 1.165) is 11.3 Å². The molecule has 2 aromatic rings. The number of nitrogens with zero attached hydrogens (tertiary/aromatic N) is 4. The predicted molar refractivity (Wildman–Crippen MR) is 81.2 cm³/mol. The number of carbonyl (C=O) groups excluding carboxylic acids is 2. The van der Waals surface area contributed by atoms with Crippen LogP contribution in [0.1, 0.15) is 23.4 Å². The Bertz CT molecular complexity index is 789. The largest absolute Gasteiger partial charge is 0.463 e. The molecule has 2 aromatic heterocycles. The molecule has 1 aliphatic rings. The quantitative estimate of drug-likeness (QED) is 0.599. The zero-order valence-corrected chi connectivity index (χ0v) is 13.8. The summed E-state index contributed by atoms with van der Waals surface area (Å²) in [6, 6.07) is 0. The molecule has 0 spiro atoms. The lowest BCUT2D eigenvalue weighted by molar-refractivity contribution is -0.159. The van der Waals surface area contributed by atoms with Crippen LogP contribution in [0.5, 0.6) is 0 Å². The minimum absolute atomic E-state index is 0.0266. The molecular weight excluding hydrogens is 320 g/mol. The Morgan fingerprint density at radius 2 is 2.22 bits per heavy atom. The van der Waals surface area contributed by atoms with Crippen LogP contribution in [0.4, 0.5) is 0 Å². The zero-order valence-electron chi connectivity index (χ0n) is 13.0. The number of aryl methyl sites for hydroxylation is 2. The third-order valence-electron chi connectivity index (χ3n) is 3.69. The molecule has 0 aromatic carbocycles. The van der Waals surface area contributed by atoms with Gasteiger partial charge < -0.3 is 9.47 Å². The first-order chi connectivity index (χ1) is 11.0. The van der Waals surface area contributed by atoms with Crippen LogP contribution in [0.3, 0.4) is 0 Å². The number of fused-ring (bicyclic) bond motifs is 1. The van der Waals surface area contributed by atoms with Crippen LogP contribution >= 0.6 is 11.8 Å². The second kappa shape index (κ2) is 6.15. The Balaban J connectivity index is 1.84. The second-order valence-corrected chi connectivity index (χ2v) is 5.96. The molecule has 8 nitrogen and oxygen atoms in total. The number of hydrogen-bond acceptors (Lipinski definition) is 8. The summed E-state index contributed by atoms with van der Waals surface area (Å²) in [5.41, 5.74) is 2.21. The minimum atomic E-state index is -0.797. The first-order valence-electron chi connectivity index (χ1n) is 7.12. The lowest BCUT2D eigenvalue weighted by atomic mass is 10.1. The standard InChI is InChI=1S/C14H16N4O4S/c1-7-9(6-11(19)22-10-4-5-21-12(10)20)8(2)18-13(15-7)16-14(17-18)23-3/h10H,4-6H2,1-3H3. The Labute approximate surface area is 136 Å². The Kier molecular flexibility index (Phi) is 4.20. The van der Waals surface area contributed by atoms with E-state index in [9.17, 15) is 9.59 Å². The molecule has 0 radical (unpaired) electrons. The fourth-order valence-corrected chi connectivity index (χ4v) is 2.80. The fraction of sp³-hybridized carbons (Fsp3) is 0.500. The molecule has 3 heterocycles. The van der Waals surface area contributed by atoms with Crippen LogP contribution in [-0.2, 0) is 25.5 Å². The van der Waals surface area contributed by atoms with Gasteiger partial charge in [0.2, 0.25) is 11.3 Å². The van der Waals surface area contributed by atoms with Gasteiger partial charge in [-0.2, -0.15) is 4.98 Å².